The maximum atomic E-state index is 14.5. The Morgan fingerprint density at radius 2 is 1.52 bits per heavy atom. The Morgan fingerprint density at radius 3 is 2.13 bits per heavy atom. The number of allylic oxidation sites excluding steroid dienone is 3. The van der Waals surface area contributed by atoms with Crippen LogP contribution in [0.5, 0.6) is 0 Å². The molecule has 23 heavy (non-hydrogen) atoms. The van der Waals surface area contributed by atoms with E-state index in [1.54, 1.807) is 6.08 Å². The lowest BCUT2D eigenvalue weighted by Gasteiger charge is -2.05. The molecule has 0 aromatic heterocycles. The van der Waals surface area contributed by atoms with E-state index in [4.69, 9.17) is 0 Å². The summed E-state index contributed by atoms with van der Waals surface area (Å²) < 4.78 is 14.5. The summed E-state index contributed by atoms with van der Waals surface area (Å²) in [4.78, 5) is 0. The highest BCUT2D eigenvalue weighted by Crippen LogP contribution is 2.24. The van der Waals surface area contributed by atoms with Crippen LogP contribution in [0.1, 0.15) is 45.1 Å². The predicted molar refractivity (Wildman–Crippen MR) is 98.9 cm³/mol. The molecule has 2 rings (SSSR count). The van der Waals surface area contributed by atoms with E-state index in [2.05, 4.69) is 26.0 Å². The van der Waals surface area contributed by atoms with Gasteiger partial charge in [0.15, 0.2) is 0 Å². The van der Waals surface area contributed by atoms with Gasteiger partial charge in [0, 0.05) is 0 Å². The van der Waals surface area contributed by atoms with E-state index in [1.165, 1.54) is 5.56 Å². The first kappa shape index (κ1) is 17.2. The van der Waals surface area contributed by atoms with Gasteiger partial charge in [-0.15, -0.1) is 0 Å². The zero-order valence-corrected chi connectivity index (χ0v) is 14.1. The molecule has 2 aromatic carbocycles. The van der Waals surface area contributed by atoms with Crippen LogP contribution in [-0.4, -0.2) is 0 Å². The molecule has 0 spiro atoms. The van der Waals surface area contributed by atoms with Crippen LogP contribution in [0, 0.1) is 0 Å². The summed E-state index contributed by atoms with van der Waals surface area (Å²) in [6.07, 6.45) is 7.42. The van der Waals surface area contributed by atoms with Gasteiger partial charge in [-0.1, -0.05) is 87.4 Å². The molecule has 0 aliphatic heterocycles. The Labute approximate surface area is 139 Å². The van der Waals surface area contributed by atoms with E-state index in [-0.39, 0.29) is 5.83 Å². The second kappa shape index (κ2) is 9.09. The molecule has 0 unspecified atom stereocenters. The zero-order chi connectivity index (χ0) is 16.5. The van der Waals surface area contributed by atoms with Crippen LogP contribution < -0.4 is 0 Å². The van der Waals surface area contributed by atoms with Crippen molar-refractivity contribution in [3.63, 3.8) is 0 Å². The molecule has 0 N–H and O–H groups in total. The first-order valence-corrected chi connectivity index (χ1v) is 8.46. The monoisotopic (exact) mass is 308 g/mol. The van der Waals surface area contributed by atoms with Crippen molar-refractivity contribution in [3.05, 3.63) is 77.6 Å². The maximum Gasteiger partial charge on any atom is 0.126 e. The normalized spacial score (nSPS) is 12.5. The second-order valence-electron chi connectivity index (χ2n) is 5.75. The molecular formula is C22H25F. The Morgan fingerprint density at radius 1 is 0.870 bits per heavy atom. The molecule has 0 aliphatic carbocycles. The highest BCUT2D eigenvalue weighted by atomic mass is 19.1. The Bertz CT molecular complexity index is 648. The van der Waals surface area contributed by atoms with Gasteiger partial charge in [-0.05, 0) is 41.2 Å². The summed E-state index contributed by atoms with van der Waals surface area (Å²) in [7, 11) is 0. The number of benzene rings is 2. The number of rotatable bonds is 7. The van der Waals surface area contributed by atoms with Gasteiger partial charge < -0.3 is 0 Å². The molecule has 0 fully saturated rings. The molecule has 0 bridgehead atoms. The van der Waals surface area contributed by atoms with Crippen molar-refractivity contribution >= 4 is 6.08 Å². The van der Waals surface area contributed by atoms with Crippen LogP contribution in [0.25, 0.3) is 17.2 Å². The van der Waals surface area contributed by atoms with Crippen molar-refractivity contribution in [1.82, 2.24) is 0 Å². The molecule has 0 saturated heterocycles. The van der Waals surface area contributed by atoms with Crippen LogP contribution >= 0.6 is 0 Å². The molecule has 0 radical (unpaired) electrons. The number of hydrogen-bond acceptors (Lipinski definition) is 0. The topological polar surface area (TPSA) is 0 Å². The van der Waals surface area contributed by atoms with Crippen LogP contribution in [0.4, 0.5) is 4.39 Å². The van der Waals surface area contributed by atoms with Crippen molar-refractivity contribution in [2.24, 2.45) is 0 Å². The third-order valence-corrected chi connectivity index (χ3v) is 3.82. The lowest BCUT2D eigenvalue weighted by atomic mass is 10.0. The molecule has 0 nitrogen and oxygen atoms in total. The summed E-state index contributed by atoms with van der Waals surface area (Å²) in [5.41, 5.74) is 4.07. The van der Waals surface area contributed by atoms with Crippen LogP contribution in [0.15, 0.2) is 72.1 Å². The molecule has 0 atom stereocenters. The minimum Gasteiger partial charge on any atom is -0.207 e. The van der Waals surface area contributed by atoms with Gasteiger partial charge in [0.25, 0.3) is 0 Å². The molecule has 0 heterocycles. The van der Waals surface area contributed by atoms with Crippen molar-refractivity contribution in [1.29, 1.82) is 0 Å². The molecule has 0 amide bonds. The highest BCUT2D eigenvalue weighted by molar-refractivity contribution is 5.66. The quantitative estimate of drug-likeness (QED) is 0.475. The van der Waals surface area contributed by atoms with E-state index in [9.17, 15) is 4.39 Å². The average Bonchev–Trinajstić information content (AvgIpc) is 2.60. The van der Waals surface area contributed by atoms with Crippen LogP contribution in [0.3, 0.4) is 0 Å². The highest BCUT2D eigenvalue weighted by Gasteiger charge is 2.04. The zero-order valence-electron chi connectivity index (χ0n) is 14.1. The van der Waals surface area contributed by atoms with Gasteiger partial charge in [0.2, 0.25) is 0 Å². The standard InChI is InChI=1S/C22H25F/c1-3-5-10-21(9-4-2)22(23)17-18-13-15-20(16-14-18)19-11-7-6-8-12-19/h6-8,10-17H,3-5,9H2,1-2H3/b21-10-,22-17-. The van der Waals surface area contributed by atoms with E-state index in [0.717, 1.165) is 42.4 Å². The third-order valence-electron chi connectivity index (χ3n) is 3.82. The van der Waals surface area contributed by atoms with Crippen molar-refractivity contribution < 1.29 is 4.39 Å². The largest absolute Gasteiger partial charge is 0.207 e. The van der Waals surface area contributed by atoms with Gasteiger partial charge in [0.1, 0.15) is 5.83 Å². The Hall–Kier alpha value is -2.15. The third kappa shape index (κ3) is 5.21. The summed E-state index contributed by atoms with van der Waals surface area (Å²) in [6.45, 7) is 4.20. The fourth-order valence-corrected chi connectivity index (χ4v) is 2.55. The average molecular weight is 308 g/mol. The van der Waals surface area contributed by atoms with Gasteiger partial charge in [0.05, 0.1) is 0 Å². The molecule has 120 valence electrons. The fraction of sp³-hybridized carbons (Fsp3) is 0.273. The molecule has 0 saturated carbocycles. The predicted octanol–water partition coefficient (Wildman–Crippen LogP) is 7.19. The molecule has 1 heteroatoms. The number of hydrogen-bond donors (Lipinski definition) is 0. The van der Waals surface area contributed by atoms with Gasteiger partial charge in [-0.25, -0.2) is 4.39 Å². The number of unbranched alkanes of at least 4 members (excludes halogenated alkanes) is 1. The SMILES string of the molecule is CCC/C=C(CCC)\C(F)=C\c1ccc(-c2ccccc2)cc1. The van der Waals surface area contributed by atoms with Crippen molar-refractivity contribution in [2.75, 3.05) is 0 Å². The van der Waals surface area contributed by atoms with Crippen LogP contribution in [-0.2, 0) is 0 Å². The lowest BCUT2D eigenvalue weighted by molar-refractivity contribution is 0.640. The summed E-state index contributed by atoms with van der Waals surface area (Å²) in [6, 6.07) is 18.3. The van der Waals surface area contributed by atoms with E-state index >= 15 is 0 Å². The Kier molecular flexibility index (Phi) is 6.80. The van der Waals surface area contributed by atoms with Gasteiger partial charge in [-0.3, -0.25) is 0 Å². The van der Waals surface area contributed by atoms with Crippen molar-refractivity contribution in [3.8, 4) is 11.1 Å². The van der Waals surface area contributed by atoms with Gasteiger partial charge >= 0.3 is 0 Å². The maximum absolute atomic E-state index is 14.5. The first-order valence-electron chi connectivity index (χ1n) is 8.46. The minimum absolute atomic E-state index is 0.104. The van der Waals surface area contributed by atoms with E-state index < -0.39 is 0 Å². The molecule has 0 aliphatic rings. The van der Waals surface area contributed by atoms with E-state index in [0.29, 0.717) is 0 Å². The van der Waals surface area contributed by atoms with Crippen LogP contribution in [0.2, 0.25) is 0 Å². The Balaban J connectivity index is 2.18. The summed E-state index contributed by atoms with van der Waals surface area (Å²) >= 11 is 0. The molecule has 2 aromatic rings. The minimum atomic E-state index is -0.104. The smallest absolute Gasteiger partial charge is 0.126 e. The fourth-order valence-electron chi connectivity index (χ4n) is 2.55. The van der Waals surface area contributed by atoms with E-state index in [1.807, 2.05) is 48.5 Å². The molecular weight excluding hydrogens is 283 g/mol. The number of halogens is 1. The first-order chi connectivity index (χ1) is 11.2. The van der Waals surface area contributed by atoms with Crippen molar-refractivity contribution in [2.45, 2.75) is 39.5 Å². The van der Waals surface area contributed by atoms with Gasteiger partial charge in [-0.2, -0.15) is 0 Å². The summed E-state index contributed by atoms with van der Waals surface area (Å²) in [5.74, 6) is -0.104. The summed E-state index contributed by atoms with van der Waals surface area (Å²) in [5, 5.41) is 0. The second-order valence-corrected chi connectivity index (χ2v) is 5.75. The lowest BCUT2D eigenvalue weighted by Crippen LogP contribution is -1.86.